The number of piperidine rings is 1. The molecule has 1 aliphatic rings. The summed E-state index contributed by atoms with van der Waals surface area (Å²) in [5, 5.41) is 3.44. The second kappa shape index (κ2) is 7.46. The van der Waals surface area contributed by atoms with Crippen molar-refractivity contribution < 1.29 is 4.74 Å². The van der Waals surface area contributed by atoms with E-state index in [1.165, 1.54) is 32.5 Å². The molecule has 1 saturated heterocycles. The summed E-state index contributed by atoms with van der Waals surface area (Å²) in [6.45, 7) is 16.5. The van der Waals surface area contributed by atoms with Gasteiger partial charge in [-0.1, -0.05) is 0 Å². The molecule has 18 heavy (non-hydrogen) atoms. The molecule has 1 heterocycles. The van der Waals surface area contributed by atoms with E-state index in [0.717, 1.165) is 19.1 Å². The summed E-state index contributed by atoms with van der Waals surface area (Å²) in [4.78, 5) is 2.57. The maximum absolute atomic E-state index is 5.85. The van der Waals surface area contributed by atoms with Crippen molar-refractivity contribution in [2.45, 2.75) is 59.1 Å². The maximum atomic E-state index is 5.85. The molecule has 0 saturated carbocycles. The van der Waals surface area contributed by atoms with E-state index >= 15 is 0 Å². The number of rotatable bonds is 6. The van der Waals surface area contributed by atoms with Crippen LogP contribution < -0.4 is 5.32 Å². The number of hydrogen-bond acceptors (Lipinski definition) is 3. The van der Waals surface area contributed by atoms with Crippen LogP contribution in [-0.4, -0.2) is 49.3 Å². The lowest BCUT2D eigenvalue weighted by molar-refractivity contribution is -0.0184. The normalized spacial score (nSPS) is 18.8. The summed E-state index contributed by atoms with van der Waals surface area (Å²) in [6.07, 6.45) is 2.65. The zero-order valence-corrected chi connectivity index (χ0v) is 13.0. The summed E-state index contributed by atoms with van der Waals surface area (Å²) < 4.78 is 5.85. The smallest absolute Gasteiger partial charge is 0.0600 e. The van der Waals surface area contributed by atoms with Crippen LogP contribution in [0.5, 0.6) is 0 Å². The molecule has 0 spiro atoms. The van der Waals surface area contributed by atoms with Gasteiger partial charge in [0.25, 0.3) is 0 Å². The molecule has 3 heteroatoms. The van der Waals surface area contributed by atoms with E-state index in [-0.39, 0.29) is 5.60 Å². The number of ether oxygens (including phenoxy) is 1. The van der Waals surface area contributed by atoms with Crippen LogP contribution >= 0.6 is 0 Å². The van der Waals surface area contributed by atoms with E-state index < -0.39 is 0 Å². The SMILES string of the molecule is CC(C)N(CCOC(C)(C)C)CC1CCNCC1. The van der Waals surface area contributed by atoms with Gasteiger partial charge in [0.1, 0.15) is 0 Å². The van der Waals surface area contributed by atoms with Gasteiger partial charge in [-0.2, -0.15) is 0 Å². The minimum Gasteiger partial charge on any atom is -0.375 e. The van der Waals surface area contributed by atoms with Crippen molar-refractivity contribution in [2.75, 3.05) is 32.8 Å². The predicted molar refractivity (Wildman–Crippen MR) is 78.0 cm³/mol. The summed E-state index contributed by atoms with van der Waals surface area (Å²) in [5.41, 5.74) is -0.0165. The first-order valence-electron chi connectivity index (χ1n) is 7.47. The van der Waals surface area contributed by atoms with Gasteiger partial charge in [-0.3, -0.25) is 4.90 Å². The van der Waals surface area contributed by atoms with E-state index in [4.69, 9.17) is 4.74 Å². The second-order valence-corrected chi connectivity index (χ2v) is 6.74. The Morgan fingerprint density at radius 2 is 1.83 bits per heavy atom. The first-order chi connectivity index (χ1) is 8.38. The highest BCUT2D eigenvalue weighted by Crippen LogP contribution is 2.15. The van der Waals surface area contributed by atoms with Gasteiger partial charge in [0.15, 0.2) is 0 Å². The Labute approximate surface area is 113 Å². The lowest BCUT2D eigenvalue weighted by atomic mass is 9.97. The van der Waals surface area contributed by atoms with E-state index in [2.05, 4.69) is 44.8 Å². The van der Waals surface area contributed by atoms with E-state index in [9.17, 15) is 0 Å². The molecule has 0 bridgehead atoms. The summed E-state index contributed by atoms with van der Waals surface area (Å²) in [7, 11) is 0. The fraction of sp³-hybridized carbons (Fsp3) is 1.00. The number of nitrogens with one attached hydrogen (secondary N) is 1. The Bertz CT molecular complexity index is 217. The number of hydrogen-bond donors (Lipinski definition) is 1. The molecule has 0 unspecified atom stereocenters. The van der Waals surface area contributed by atoms with Crippen LogP contribution in [0.4, 0.5) is 0 Å². The van der Waals surface area contributed by atoms with Gasteiger partial charge in [-0.25, -0.2) is 0 Å². The van der Waals surface area contributed by atoms with Crippen molar-refractivity contribution in [1.29, 1.82) is 0 Å². The Morgan fingerprint density at radius 3 is 2.33 bits per heavy atom. The third-order valence-corrected chi connectivity index (χ3v) is 3.60. The van der Waals surface area contributed by atoms with Crippen LogP contribution in [0.25, 0.3) is 0 Å². The highest BCUT2D eigenvalue weighted by atomic mass is 16.5. The van der Waals surface area contributed by atoms with Crippen molar-refractivity contribution in [2.24, 2.45) is 5.92 Å². The van der Waals surface area contributed by atoms with Crippen LogP contribution in [0.2, 0.25) is 0 Å². The molecule has 0 radical (unpaired) electrons. The molecular weight excluding hydrogens is 224 g/mol. The standard InChI is InChI=1S/C15H32N2O/c1-13(2)17(10-11-18-15(3,4)5)12-14-6-8-16-9-7-14/h13-14,16H,6-12H2,1-5H3. The molecule has 0 aromatic heterocycles. The van der Waals surface area contributed by atoms with Crippen LogP contribution in [-0.2, 0) is 4.74 Å². The summed E-state index contributed by atoms with van der Waals surface area (Å²) in [5.74, 6) is 0.864. The molecule has 1 rings (SSSR count). The number of nitrogens with zero attached hydrogens (tertiary/aromatic N) is 1. The van der Waals surface area contributed by atoms with Crippen LogP contribution in [0.3, 0.4) is 0 Å². The fourth-order valence-electron chi connectivity index (χ4n) is 2.43. The molecule has 0 aliphatic carbocycles. The average molecular weight is 256 g/mol. The van der Waals surface area contributed by atoms with Crippen molar-refractivity contribution in [1.82, 2.24) is 10.2 Å². The molecule has 1 aliphatic heterocycles. The Kier molecular flexibility index (Phi) is 6.61. The lowest BCUT2D eigenvalue weighted by Gasteiger charge is -2.33. The van der Waals surface area contributed by atoms with Gasteiger partial charge in [0, 0.05) is 19.1 Å². The molecule has 0 atom stereocenters. The molecule has 1 N–H and O–H groups in total. The summed E-state index contributed by atoms with van der Waals surface area (Å²) >= 11 is 0. The van der Waals surface area contributed by atoms with Gasteiger partial charge in [0.2, 0.25) is 0 Å². The predicted octanol–water partition coefficient (Wildman–Crippen LogP) is 2.51. The van der Waals surface area contributed by atoms with E-state index in [1.54, 1.807) is 0 Å². The quantitative estimate of drug-likeness (QED) is 0.790. The largest absolute Gasteiger partial charge is 0.375 e. The first kappa shape index (κ1) is 15.9. The topological polar surface area (TPSA) is 24.5 Å². The molecular formula is C15H32N2O. The Hall–Kier alpha value is -0.120. The fourth-order valence-corrected chi connectivity index (χ4v) is 2.43. The monoisotopic (exact) mass is 256 g/mol. The van der Waals surface area contributed by atoms with Crippen molar-refractivity contribution in [3.63, 3.8) is 0 Å². The van der Waals surface area contributed by atoms with Crippen molar-refractivity contribution in [3.8, 4) is 0 Å². The maximum Gasteiger partial charge on any atom is 0.0600 e. The van der Waals surface area contributed by atoms with Crippen LogP contribution in [0.15, 0.2) is 0 Å². The van der Waals surface area contributed by atoms with Gasteiger partial charge < -0.3 is 10.1 Å². The average Bonchev–Trinajstić information content (AvgIpc) is 2.27. The zero-order chi connectivity index (χ0) is 13.6. The van der Waals surface area contributed by atoms with Gasteiger partial charge in [-0.05, 0) is 66.5 Å². The molecule has 3 nitrogen and oxygen atoms in total. The molecule has 108 valence electrons. The lowest BCUT2D eigenvalue weighted by Crippen LogP contribution is -2.41. The Morgan fingerprint density at radius 1 is 1.22 bits per heavy atom. The Balaban J connectivity index is 2.30. The highest BCUT2D eigenvalue weighted by Gasteiger charge is 2.19. The summed E-state index contributed by atoms with van der Waals surface area (Å²) in [6, 6.07) is 0.614. The molecule has 0 amide bonds. The minimum absolute atomic E-state index is 0.0165. The molecule has 1 fully saturated rings. The van der Waals surface area contributed by atoms with Crippen molar-refractivity contribution >= 4 is 0 Å². The van der Waals surface area contributed by atoms with Gasteiger partial charge >= 0.3 is 0 Å². The molecule has 0 aromatic rings. The van der Waals surface area contributed by atoms with Gasteiger partial charge in [-0.15, -0.1) is 0 Å². The van der Waals surface area contributed by atoms with E-state index in [0.29, 0.717) is 6.04 Å². The highest BCUT2D eigenvalue weighted by molar-refractivity contribution is 4.74. The molecule has 0 aromatic carbocycles. The van der Waals surface area contributed by atoms with Crippen LogP contribution in [0.1, 0.15) is 47.5 Å². The third kappa shape index (κ3) is 6.72. The van der Waals surface area contributed by atoms with Crippen molar-refractivity contribution in [3.05, 3.63) is 0 Å². The minimum atomic E-state index is -0.0165. The van der Waals surface area contributed by atoms with E-state index in [1.807, 2.05) is 0 Å². The van der Waals surface area contributed by atoms with Crippen LogP contribution in [0, 0.1) is 5.92 Å². The first-order valence-corrected chi connectivity index (χ1v) is 7.47. The van der Waals surface area contributed by atoms with Gasteiger partial charge in [0.05, 0.1) is 12.2 Å². The second-order valence-electron chi connectivity index (χ2n) is 6.74. The zero-order valence-electron chi connectivity index (χ0n) is 13.0. The third-order valence-electron chi connectivity index (χ3n) is 3.60.